The zero-order valence-corrected chi connectivity index (χ0v) is 31.7. The summed E-state index contributed by atoms with van der Waals surface area (Å²) in [6, 6.07) is 80.6. The Morgan fingerprint density at radius 2 is 0.914 bits per heavy atom. The van der Waals surface area contributed by atoms with Gasteiger partial charge in [-0.2, -0.15) is 0 Å². The van der Waals surface area contributed by atoms with Gasteiger partial charge in [0.25, 0.3) is 0 Å². The molecule has 0 N–H and O–H groups in total. The number of hydrogen-bond acceptors (Lipinski definition) is 2. The molecule has 1 aromatic heterocycles. The van der Waals surface area contributed by atoms with Crippen molar-refractivity contribution >= 4 is 60.5 Å². The van der Waals surface area contributed by atoms with Gasteiger partial charge in [-0.1, -0.05) is 176 Å². The summed E-state index contributed by atoms with van der Waals surface area (Å²) in [6.07, 6.45) is 0. The zero-order valence-electron chi connectivity index (χ0n) is 31.7. The van der Waals surface area contributed by atoms with Gasteiger partial charge in [-0.3, -0.25) is 0 Å². The van der Waals surface area contributed by atoms with Crippen molar-refractivity contribution in [2.75, 3.05) is 4.90 Å². The Kier molecular flexibility index (Phi) is 8.19. The molecule has 1 heterocycles. The number of anilines is 3. The molecule has 11 rings (SSSR count). The number of furan rings is 1. The Labute approximate surface area is 337 Å². The summed E-state index contributed by atoms with van der Waals surface area (Å²) in [5.41, 5.74) is 14.2. The van der Waals surface area contributed by atoms with E-state index in [0.717, 1.165) is 66.8 Å². The van der Waals surface area contributed by atoms with Crippen LogP contribution in [0.15, 0.2) is 229 Å². The van der Waals surface area contributed by atoms with Crippen molar-refractivity contribution in [3.05, 3.63) is 224 Å². The maximum Gasteiger partial charge on any atom is 0.145 e. The molecular weight excluding hydrogens is 703 g/mol. The summed E-state index contributed by atoms with van der Waals surface area (Å²) in [7, 11) is 0. The summed E-state index contributed by atoms with van der Waals surface area (Å²) < 4.78 is 6.91. The second kappa shape index (κ2) is 14.1. The van der Waals surface area contributed by atoms with E-state index in [1.54, 1.807) is 0 Å². The second-order valence-electron chi connectivity index (χ2n) is 14.9. The Balaban J connectivity index is 1.14. The average molecular weight is 740 g/mol. The third kappa shape index (κ3) is 5.82. The summed E-state index contributed by atoms with van der Waals surface area (Å²) in [5.74, 6) is 0. The first kappa shape index (κ1) is 33.6. The predicted molar refractivity (Wildman–Crippen MR) is 245 cm³/mol. The van der Waals surface area contributed by atoms with Gasteiger partial charge in [0.1, 0.15) is 11.2 Å². The van der Waals surface area contributed by atoms with E-state index in [2.05, 4.69) is 229 Å². The molecule has 0 amide bonds. The standard InChI is InChI=1S/C56H37NO/c1-2-14-38(15-3-1)43-20-12-21-44(36-43)40-30-32-46(33-31-40)57(52-26-10-8-23-48(52)45-29-28-39-16-4-5-18-42(39)37-45)53-35-34-50(49-25-13-19-41-17-6-7-22-47(41)49)56-55(53)51-24-9-11-27-54(51)58-56/h1-37H. The molecule has 0 aliphatic rings. The molecule has 0 saturated heterocycles. The van der Waals surface area contributed by atoms with E-state index in [9.17, 15) is 0 Å². The molecular formula is C56H37NO. The van der Waals surface area contributed by atoms with E-state index in [1.165, 1.54) is 38.2 Å². The molecule has 0 aliphatic carbocycles. The lowest BCUT2D eigenvalue weighted by atomic mass is 9.94. The van der Waals surface area contributed by atoms with Crippen LogP contribution < -0.4 is 4.90 Å². The molecule has 0 atom stereocenters. The van der Waals surface area contributed by atoms with Gasteiger partial charge in [0.15, 0.2) is 0 Å². The third-order valence-corrected chi connectivity index (χ3v) is 11.5. The van der Waals surface area contributed by atoms with Crippen LogP contribution in [0.1, 0.15) is 0 Å². The van der Waals surface area contributed by atoms with Crippen molar-refractivity contribution in [3.8, 4) is 44.5 Å². The minimum Gasteiger partial charge on any atom is -0.455 e. The van der Waals surface area contributed by atoms with Gasteiger partial charge < -0.3 is 9.32 Å². The molecule has 0 spiro atoms. The van der Waals surface area contributed by atoms with E-state index in [1.807, 2.05) is 0 Å². The lowest BCUT2D eigenvalue weighted by Crippen LogP contribution is -2.11. The number of hydrogen-bond donors (Lipinski definition) is 0. The van der Waals surface area contributed by atoms with Crippen LogP contribution in [-0.4, -0.2) is 0 Å². The lowest BCUT2D eigenvalue weighted by molar-refractivity contribution is 0.670. The molecule has 0 fully saturated rings. The highest BCUT2D eigenvalue weighted by molar-refractivity contribution is 6.19. The van der Waals surface area contributed by atoms with E-state index in [4.69, 9.17) is 4.42 Å². The first-order chi connectivity index (χ1) is 28.8. The molecule has 0 aliphatic heterocycles. The van der Waals surface area contributed by atoms with Crippen LogP contribution in [0.2, 0.25) is 0 Å². The highest BCUT2D eigenvalue weighted by Gasteiger charge is 2.24. The van der Waals surface area contributed by atoms with Crippen LogP contribution in [0.3, 0.4) is 0 Å². The van der Waals surface area contributed by atoms with Crippen LogP contribution in [0.25, 0.3) is 88.0 Å². The van der Waals surface area contributed by atoms with Crippen LogP contribution in [0.4, 0.5) is 17.1 Å². The number of fused-ring (bicyclic) bond motifs is 5. The Morgan fingerprint density at radius 3 is 1.76 bits per heavy atom. The van der Waals surface area contributed by atoms with Gasteiger partial charge in [0.2, 0.25) is 0 Å². The van der Waals surface area contributed by atoms with Crippen molar-refractivity contribution in [1.82, 2.24) is 0 Å². The van der Waals surface area contributed by atoms with Crippen molar-refractivity contribution in [3.63, 3.8) is 0 Å². The zero-order chi connectivity index (χ0) is 38.4. The molecule has 0 bridgehead atoms. The average Bonchev–Trinajstić information content (AvgIpc) is 3.70. The Morgan fingerprint density at radius 1 is 0.310 bits per heavy atom. The summed E-state index contributed by atoms with van der Waals surface area (Å²) >= 11 is 0. The third-order valence-electron chi connectivity index (χ3n) is 11.5. The van der Waals surface area contributed by atoms with Crippen LogP contribution in [-0.2, 0) is 0 Å². The highest BCUT2D eigenvalue weighted by Crippen LogP contribution is 2.49. The predicted octanol–water partition coefficient (Wildman–Crippen LogP) is 16.0. The van der Waals surface area contributed by atoms with Gasteiger partial charge in [-0.25, -0.2) is 0 Å². The van der Waals surface area contributed by atoms with Gasteiger partial charge >= 0.3 is 0 Å². The summed E-state index contributed by atoms with van der Waals surface area (Å²) in [4.78, 5) is 2.42. The second-order valence-corrected chi connectivity index (χ2v) is 14.9. The van der Waals surface area contributed by atoms with E-state index >= 15 is 0 Å². The van der Waals surface area contributed by atoms with Crippen molar-refractivity contribution in [1.29, 1.82) is 0 Å². The molecule has 11 aromatic rings. The van der Waals surface area contributed by atoms with Crippen molar-refractivity contribution in [2.45, 2.75) is 0 Å². The first-order valence-corrected chi connectivity index (χ1v) is 19.8. The molecule has 2 nitrogen and oxygen atoms in total. The van der Waals surface area contributed by atoms with Crippen LogP contribution in [0, 0.1) is 0 Å². The molecule has 0 radical (unpaired) electrons. The largest absolute Gasteiger partial charge is 0.455 e. The van der Waals surface area contributed by atoms with Gasteiger partial charge in [-0.15, -0.1) is 0 Å². The fourth-order valence-electron chi connectivity index (χ4n) is 8.66. The maximum atomic E-state index is 6.91. The molecule has 272 valence electrons. The van der Waals surface area contributed by atoms with Gasteiger partial charge in [-0.05, 0) is 103 Å². The normalized spacial score (nSPS) is 11.4. The van der Waals surface area contributed by atoms with Crippen molar-refractivity contribution < 1.29 is 4.42 Å². The lowest BCUT2D eigenvalue weighted by Gasteiger charge is -2.29. The highest BCUT2D eigenvalue weighted by atomic mass is 16.3. The number of para-hydroxylation sites is 2. The van der Waals surface area contributed by atoms with E-state index in [0.29, 0.717) is 0 Å². The minimum absolute atomic E-state index is 0.864. The van der Waals surface area contributed by atoms with Gasteiger partial charge in [0.05, 0.1) is 16.8 Å². The number of rotatable bonds is 7. The number of benzene rings is 10. The quantitative estimate of drug-likeness (QED) is 0.162. The molecule has 0 unspecified atom stereocenters. The van der Waals surface area contributed by atoms with E-state index < -0.39 is 0 Å². The molecule has 0 saturated carbocycles. The van der Waals surface area contributed by atoms with Gasteiger partial charge in [0, 0.05) is 22.2 Å². The minimum atomic E-state index is 0.864. The number of nitrogens with zero attached hydrogens (tertiary/aromatic N) is 1. The molecule has 58 heavy (non-hydrogen) atoms. The van der Waals surface area contributed by atoms with E-state index in [-0.39, 0.29) is 0 Å². The topological polar surface area (TPSA) is 16.4 Å². The first-order valence-electron chi connectivity index (χ1n) is 19.8. The smallest absolute Gasteiger partial charge is 0.145 e. The fourth-order valence-corrected chi connectivity index (χ4v) is 8.66. The Bertz CT molecular complexity index is 3280. The fraction of sp³-hybridized carbons (Fsp3) is 0. The van der Waals surface area contributed by atoms with Crippen LogP contribution >= 0.6 is 0 Å². The summed E-state index contributed by atoms with van der Waals surface area (Å²) in [5, 5.41) is 7.00. The molecule has 2 heteroatoms. The van der Waals surface area contributed by atoms with Crippen molar-refractivity contribution in [2.24, 2.45) is 0 Å². The Hall–Kier alpha value is -7.68. The maximum absolute atomic E-state index is 6.91. The SMILES string of the molecule is c1ccc(-c2cccc(-c3ccc(N(c4ccccc4-c4ccc5ccccc5c4)c4ccc(-c5cccc6ccccc56)c5oc6ccccc6c45)cc3)c2)cc1. The monoisotopic (exact) mass is 739 g/mol. The summed E-state index contributed by atoms with van der Waals surface area (Å²) in [6.45, 7) is 0. The van der Waals surface area contributed by atoms with Crippen LogP contribution in [0.5, 0.6) is 0 Å². The molecule has 10 aromatic carbocycles.